The molecule has 238 valence electrons. The Hall–Kier alpha value is -0.760. The molecule has 0 spiro atoms. The fourth-order valence-corrected chi connectivity index (χ4v) is 4.74. The van der Waals surface area contributed by atoms with Gasteiger partial charge in [0.15, 0.2) is 0 Å². The third-order valence-corrected chi connectivity index (χ3v) is 7.53. The van der Waals surface area contributed by atoms with Crippen LogP contribution in [0.25, 0.3) is 0 Å². The van der Waals surface area contributed by atoms with Gasteiger partial charge < -0.3 is 27.9 Å². The molecule has 0 fully saturated rings. The molecule has 2 atom stereocenters. The Balaban J connectivity index is 4.20. The highest BCUT2D eigenvalue weighted by molar-refractivity contribution is 7.45. The molecule has 40 heavy (non-hydrogen) atoms. The van der Waals surface area contributed by atoms with Crippen LogP contribution in [0.15, 0.2) is 12.2 Å². The van der Waals surface area contributed by atoms with Gasteiger partial charge in [0.05, 0.1) is 34.4 Å². The van der Waals surface area contributed by atoms with E-state index in [9.17, 15) is 14.3 Å². The summed E-state index contributed by atoms with van der Waals surface area (Å²) >= 11 is 0. The van der Waals surface area contributed by atoms with E-state index in [-0.39, 0.29) is 25.8 Å². The van der Waals surface area contributed by atoms with Gasteiger partial charge >= 0.3 is 5.97 Å². The summed E-state index contributed by atoms with van der Waals surface area (Å²) in [4.78, 5) is 24.4. The van der Waals surface area contributed by atoms with Crippen LogP contribution < -0.4 is 4.89 Å². The van der Waals surface area contributed by atoms with Crippen LogP contribution in [0.5, 0.6) is 0 Å². The summed E-state index contributed by atoms with van der Waals surface area (Å²) in [5.41, 5.74) is 0. The summed E-state index contributed by atoms with van der Waals surface area (Å²) in [6.45, 7) is 5.24. The van der Waals surface area contributed by atoms with E-state index < -0.39 is 13.9 Å². The number of unbranched alkanes of at least 4 members (excludes halogenated alkanes) is 13. The third-order valence-electron chi connectivity index (χ3n) is 6.57. The molecule has 0 amide bonds. The van der Waals surface area contributed by atoms with Crippen LogP contribution in [0.1, 0.15) is 123 Å². The minimum absolute atomic E-state index is 0.0263. The molecule has 0 saturated carbocycles. The van der Waals surface area contributed by atoms with Crippen molar-refractivity contribution in [3.05, 3.63) is 12.2 Å². The number of nitrogens with zero attached hydrogens (tertiary/aromatic N) is 1. The average molecular weight is 592 g/mol. The summed E-state index contributed by atoms with van der Waals surface area (Å²) in [7, 11) is 1.35. The molecule has 0 rings (SSSR count). The maximum atomic E-state index is 12.3. The lowest BCUT2D eigenvalue weighted by Gasteiger charge is -2.28. The quantitative estimate of drug-likeness (QED) is 0.0295. The van der Waals surface area contributed by atoms with Gasteiger partial charge in [0.2, 0.25) is 0 Å². The van der Waals surface area contributed by atoms with Crippen molar-refractivity contribution in [3.8, 4) is 0 Å². The number of carbonyl (C=O) groups excluding carboxylic acids is 1. The summed E-state index contributed by atoms with van der Waals surface area (Å²) in [6, 6.07) is 0. The van der Waals surface area contributed by atoms with Gasteiger partial charge in [0.25, 0.3) is 7.82 Å². The lowest BCUT2D eigenvalue weighted by Crippen LogP contribution is -2.37. The Kier molecular flexibility index (Phi) is 25.4. The number of quaternary nitrogens is 1. The van der Waals surface area contributed by atoms with E-state index in [1.807, 2.05) is 21.1 Å². The minimum Gasteiger partial charge on any atom is -0.756 e. The second kappa shape index (κ2) is 25.9. The van der Waals surface area contributed by atoms with E-state index in [1.54, 1.807) is 0 Å². The van der Waals surface area contributed by atoms with E-state index in [1.165, 1.54) is 64.2 Å². The molecular weight excluding hydrogens is 529 g/mol. The zero-order valence-electron chi connectivity index (χ0n) is 26.5. The van der Waals surface area contributed by atoms with Gasteiger partial charge in [-0.15, -0.1) is 0 Å². The second-order valence-corrected chi connectivity index (χ2v) is 13.2. The van der Waals surface area contributed by atoms with Crippen LogP contribution in [0, 0.1) is 0 Å². The smallest absolute Gasteiger partial charge is 0.306 e. The number of phosphoric ester groups is 1. The maximum Gasteiger partial charge on any atom is 0.306 e. The third kappa shape index (κ3) is 28.8. The topological polar surface area (TPSA) is 94.1 Å². The van der Waals surface area contributed by atoms with Crippen LogP contribution in [0.4, 0.5) is 0 Å². The normalized spacial score (nSPS) is 14.4. The monoisotopic (exact) mass is 591 g/mol. The number of ether oxygens (including phenoxy) is 2. The summed E-state index contributed by atoms with van der Waals surface area (Å²) in [5, 5.41) is 0. The number of carbonyl (C=O) groups is 1. The lowest BCUT2D eigenvalue weighted by atomic mass is 10.1. The summed E-state index contributed by atoms with van der Waals surface area (Å²) in [6.07, 6.45) is 22.7. The Bertz CT molecular complexity index is 667. The molecule has 0 bridgehead atoms. The molecule has 0 aliphatic rings. The Morgan fingerprint density at radius 3 is 1.90 bits per heavy atom. The van der Waals surface area contributed by atoms with Crippen molar-refractivity contribution in [2.24, 2.45) is 0 Å². The molecule has 0 aromatic carbocycles. The Morgan fingerprint density at radius 1 is 0.750 bits per heavy atom. The highest BCUT2D eigenvalue weighted by Crippen LogP contribution is 2.38. The van der Waals surface area contributed by atoms with Crippen molar-refractivity contribution in [3.63, 3.8) is 0 Å². The molecule has 0 aromatic rings. The summed E-state index contributed by atoms with van der Waals surface area (Å²) in [5.74, 6) is -0.355. The number of hydrogen-bond acceptors (Lipinski definition) is 7. The van der Waals surface area contributed by atoms with Crippen molar-refractivity contribution in [1.29, 1.82) is 0 Å². The second-order valence-electron chi connectivity index (χ2n) is 11.8. The van der Waals surface area contributed by atoms with Gasteiger partial charge in [-0.3, -0.25) is 9.36 Å². The molecule has 0 aliphatic carbocycles. The first kappa shape index (κ1) is 39.2. The van der Waals surface area contributed by atoms with Crippen molar-refractivity contribution in [1.82, 2.24) is 0 Å². The molecule has 9 heteroatoms. The fourth-order valence-electron chi connectivity index (χ4n) is 4.01. The van der Waals surface area contributed by atoms with Gasteiger partial charge in [-0.2, -0.15) is 0 Å². The Labute approximate surface area is 246 Å². The van der Waals surface area contributed by atoms with Gasteiger partial charge in [-0.25, -0.2) is 0 Å². The van der Waals surface area contributed by atoms with Crippen molar-refractivity contribution >= 4 is 13.8 Å². The molecule has 0 aliphatic heterocycles. The Morgan fingerprint density at radius 2 is 1.30 bits per heavy atom. The molecule has 2 unspecified atom stereocenters. The zero-order chi connectivity index (χ0) is 30.0. The molecule has 0 heterocycles. The van der Waals surface area contributed by atoms with Crippen LogP contribution in [0.2, 0.25) is 0 Å². The van der Waals surface area contributed by atoms with Crippen molar-refractivity contribution in [2.75, 3.05) is 54.1 Å². The number of esters is 1. The number of phosphoric acid groups is 1. The van der Waals surface area contributed by atoms with Crippen LogP contribution in [-0.2, 0) is 27.9 Å². The van der Waals surface area contributed by atoms with Gasteiger partial charge in [0, 0.05) is 13.0 Å². The number of allylic oxidation sites excluding steroid dienone is 2. The minimum atomic E-state index is -4.49. The highest BCUT2D eigenvalue weighted by atomic mass is 31.2. The van der Waals surface area contributed by atoms with Crippen molar-refractivity contribution < 1.29 is 37.3 Å². The van der Waals surface area contributed by atoms with Gasteiger partial charge in [-0.05, 0) is 38.5 Å². The van der Waals surface area contributed by atoms with Gasteiger partial charge in [-0.1, -0.05) is 90.2 Å². The molecule has 8 nitrogen and oxygen atoms in total. The molecule has 0 N–H and O–H groups in total. The number of likely N-dealkylation sites (N-methyl/N-ethyl adjacent to an activating group) is 1. The molecule has 0 saturated heterocycles. The largest absolute Gasteiger partial charge is 0.756 e. The van der Waals surface area contributed by atoms with E-state index >= 15 is 0 Å². The van der Waals surface area contributed by atoms with Crippen LogP contribution in [-0.4, -0.2) is 70.7 Å². The SMILES string of the molecule is CCCCCC/C=C\CCCCCCCCOCC(COP(=O)([O-])OCC[N+](C)(C)C)OC(=O)CCCCCC. The zero-order valence-corrected chi connectivity index (χ0v) is 27.4. The van der Waals surface area contributed by atoms with E-state index in [4.69, 9.17) is 18.5 Å². The van der Waals surface area contributed by atoms with E-state index in [0.717, 1.165) is 38.5 Å². The average Bonchev–Trinajstić information content (AvgIpc) is 2.88. The standard InChI is InChI=1S/C31H62NO7P/c1-6-8-10-12-13-14-15-16-17-18-19-20-21-23-26-36-28-30(39-31(33)24-22-11-9-7-2)29-38-40(34,35)37-27-25-32(3,4)5/h14-15,30H,6-13,16-29H2,1-5H3/b15-14-. The number of rotatable bonds is 29. The first-order valence-corrected chi connectivity index (χ1v) is 17.4. The fraction of sp³-hybridized carbons (Fsp3) is 0.903. The molecule has 0 radical (unpaired) electrons. The first-order chi connectivity index (χ1) is 19.1. The first-order valence-electron chi connectivity index (χ1n) is 15.9. The summed E-state index contributed by atoms with van der Waals surface area (Å²) < 4.78 is 34.0. The predicted octanol–water partition coefficient (Wildman–Crippen LogP) is 7.35. The van der Waals surface area contributed by atoms with Crippen LogP contribution >= 0.6 is 7.82 Å². The van der Waals surface area contributed by atoms with Crippen molar-refractivity contribution in [2.45, 2.75) is 129 Å². The molecular formula is C31H62NO7P. The maximum absolute atomic E-state index is 12.3. The highest BCUT2D eigenvalue weighted by Gasteiger charge is 2.20. The van der Waals surface area contributed by atoms with Crippen LogP contribution in [0.3, 0.4) is 0 Å². The van der Waals surface area contributed by atoms with E-state index in [2.05, 4.69) is 26.0 Å². The van der Waals surface area contributed by atoms with E-state index in [0.29, 0.717) is 24.1 Å². The number of hydrogen-bond donors (Lipinski definition) is 0. The van der Waals surface area contributed by atoms with Gasteiger partial charge in [0.1, 0.15) is 19.3 Å². The molecule has 0 aromatic heterocycles. The predicted molar refractivity (Wildman–Crippen MR) is 162 cm³/mol. The lowest BCUT2D eigenvalue weighted by molar-refractivity contribution is -0.870.